The Labute approximate surface area is 99.4 Å². The van der Waals surface area contributed by atoms with Crippen LogP contribution in [0.5, 0.6) is 5.75 Å². The van der Waals surface area contributed by atoms with Crippen LogP contribution in [0.25, 0.3) is 0 Å². The summed E-state index contributed by atoms with van der Waals surface area (Å²) in [6.45, 7) is 4.39. The van der Waals surface area contributed by atoms with Gasteiger partial charge in [-0.25, -0.2) is 0 Å². The molecule has 0 bridgehead atoms. The van der Waals surface area contributed by atoms with Crippen molar-refractivity contribution in [3.63, 3.8) is 0 Å². The molecule has 0 spiro atoms. The van der Waals surface area contributed by atoms with Crippen LogP contribution in [-0.2, 0) is 0 Å². The van der Waals surface area contributed by atoms with Crippen molar-refractivity contribution in [2.24, 2.45) is 0 Å². The molecule has 1 saturated heterocycles. The first-order valence-electron chi connectivity index (χ1n) is 5.32. The van der Waals surface area contributed by atoms with Crippen molar-refractivity contribution in [1.82, 2.24) is 0 Å². The quantitative estimate of drug-likeness (QED) is 0.817. The molecule has 0 atom stereocenters. The van der Waals surface area contributed by atoms with Crippen LogP contribution in [0.2, 0.25) is 0 Å². The van der Waals surface area contributed by atoms with Crippen LogP contribution in [-0.4, -0.2) is 20.2 Å². The number of hydrogen-bond donors (Lipinski definition) is 0. The zero-order chi connectivity index (χ0) is 10.8. The van der Waals surface area contributed by atoms with Gasteiger partial charge in [-0.05, 0) is 31.9 Å². The first kappa shape index (κ1) is 10.8. The van der Waals surface area contributed by atoms with Gasteiger partial charge in [0.15, 0.2) is 0 Å². The van der Waals surface area contributed by atoms with E-state index in [4.69, 9.17) is 4.74 Å². The molecular weight excluding hydrogens is 254 g/mol. The molecule has 15 heavy (non-hydrogen) atoms. The van der Waals surface area contributed by atoms with Crippen molar-refractivity contribution in [1.29, 1.82) is 0 Å². The lowest BCUT2D eigenvalue weighted by Crippen LogP contribution is -2.18. The monoisotopic (exact) mass is 269 g/mol. The van der Waals surface area contributed by atoms with Crippen molar-refractivity contribution < 1.29 is 4.74 Å². The summed E-state index contributed by atoms with van der Waals surface area (Å²) in [6, 6.07) is 4.24. The second-order valence-electron chi connectivity index (χ2n) is 3.92. The molecule has 1 aliphatic heterocycles. The van der Waals surface area contributed by atoms with E-state index in [1.54, 1.807) is 7.11 Å². The van der Waals surface area contributed by atoms with E-state index in [9.17, 15) is 0 Å². The van der Waals surface area contributed by atoms with E-state index in [1.807, 2.05) is 0 Å². The van der Waals surface area contributed by atoms with Gasteiger partial charge in [-0.1, -0.05) is 15.9 Å². The predicted molar refractivity (Wildman–Crippen MR) is 66.9 cm³/mol. The van der Waals surface area contributed by atoms with Gasteiger partial charge in [-0.2, -0.15) is 0 Å². The molecule has 82 valence electrons. The van der Waals surface area contributed by atoms with Gasteiger partial charge in [0.2, 0.25) is 0 Å². The number of rotatable bonds is 2. The molecule has 1 aliphatic rings. The Hall–Kier alpha value is -0.700. The Morgan fingerprint density at radius 3 is 2.53 bits per heavy atom. The number of methoxy groups -OCH3 is 1. The topological polar surface area (TPSA) is 12.5 Å². The number of anilines is 1. The van der Waals surface area contributed by atoms with Gasteiger partial charge in [0.05, 0.1) is 12.8 Å². The summed E-state index contributed by atoms with van der Waals surface area (Å²) in [4.78, 5) is 2.40. The minimum Gasteiger partial charge on any atom is -0.494 e. The van der Waals surface area contributed by atoms with E-state index in [0.717, 1.165) is 23.3 Å². The van der Waals surface area contributed by atoms with Crippen LogP contribution < -0.4 is 9.64 Å². The van der Waals surface area contributed by atoms with E-state index >= 15 is 0 Å². The van der Waals surface area contributed by atoms with E-state index in [2.05, 4.69) is 39.9 Å². The number of hydrogen-bond acceptors (Lipinski definition) is 2. The zero-order valence-corrected chi connectivity index (χ0v) is 10.8. The summed E-state index contributed by atoms with van der Waals surface area (Å²) in [5.74, 6) is 1.01. The highest BCUT2D eigenvalue weighted by molar-refractivity contribution is 9.10. The standard InChI is InChI=1S/C12H16BrNO/c1-9-10(13)5-6-11(12(9)15-2)14-7-3-4-8-14/h5-6H,3-4,7-8H2,1-2H3. The van der Waals surface area contributed by atoms with Crippen molar-refractivity contribution in [2.45, 2.75) is 19.8 Å². The van der Waals surface area contributed by atoms with Crippen LogP contribution in [0.15, 0.2) is 16.6 Å². The fourth-order valence-corrected chi connectivity index (χ4v) is 2.43. The second kappa shape index (κ2) is 4.44. The van der Waals surface area contributed by atoms with Gasteiger partial charge >= 0.3 is 0 Å². The highest BCUT2D eigenvalue weighted by atomic mass is 79.9. The molecule has 0 unspecified atom stereocenters. The summed E-state index contributed by atoms with van der Waals surface area (Å²) in [7, 11) is 1.74. The lowest BCUT2D eigenvalue weighted by Gasteiger charge is -2.22. The molecule has 2 nitrogen and oxygen atoms in total. The minimum absolute atomic E-state index is 1.01. The van der Waals surface area contributed by atoms with Crippen molar-refractivity contribution >= 4 is 21.6 Å². The first-order valence-corrected chi connectivity index (χ1v) is 6.11. The van der Waals surface area contributed by atoms with E-state index in [0.29, 0.717) is 0 Å². The fourth-order valence-electron chi connectivity index (χ4n) is 2.12. The molecule has 1 aromatic rings. The first-order chi connectivity index (χ1) is 7.24. The molecule has 0 N–H and O–H groups in total. The zero-order valence-electron chi connectivity index (χ0n) is 9.22. The molecule has 1 fully saturated rings. The average Bonchev–Trinajstić information content (AvgIpc) is 2.75. The summed E-state index contributed by atoms with van der Waals surface area (Å²) >= 11 is 3.53. The molecule has 0 aliphatic carbocycles. The number of benzene rings is 1. The largest absolute Gasteiger partial charge is 0.494 e. The second-order valence-corrected chi connectivity index (χ2v) is 4.77. The summed E-state index contributed by atoms with van der Waals surface area (Å²) in [5, 5.41) is 0. The van der Waals surface area contributed by atoms with Gasteiger partial charge in [-0.3, -0.25) is 0 Å². The molecule has 0 aromatic heterocycles. The van der Waals surface area contributed by atoms with Gasteiger partial charge in [0, 0.05) is 23.1 Å². The molecule has 3 heteroatoms. The number of ether oxygens (including phenoxy) is 1. The fraction of sp³-hybridized carbons (Fsp3) is 0.500. The number of halogens is 1. The predicted octanol–water partition coefficient (Wildman–Crippen LogP) is 3.37. The van der Waals surface area contributed by atoms with Gasteiger partial charge in [0.1, 0.15) is 5.75 Å². The maximum absolute atomic E-state index is 5.50. The molecular formula is C12H16BrNO. The van der Waals surface area contributed by atoms with Crippen LogP contribution in [0, 0.1) is 6.92 Å². The maximum atomic E-state index is 5.50. The molecule has 1 aromatic carbocycles. The Morgan fingerprint density at radius 1 is 1.27 bits per heavy atom. The Morgan fingerprint density at radius 2 is 1.93 bits per heavy atom. The van der Waals surface area contributed by atoms with Crippen molar-refractivity contribution in [3.8, 4) is 5.75 Å². The highest BCUT2D eigenvalue weighted by Crippen LogP contribution is 2.37. The molecule has 2 rings (SSSR count). The maximum Gasteiger partial charge on any atom is 0.146 e. The lowest BCUT2D eigenvalue weighted by atomic mass is 10.2. The van der Waals surface area contributed by atoms with Crippen molar-refractivity contribution in [2.75, 3.05) is 25.1 Å². The molecule has 0 amide bonds. The normalized spacial score (nSPS) is 15.8. The minimum atomic E-state index is 1.01. The van der Waals surface area contributed by atoms with E-state index < -0.39 is 0 Å². The molecule has 0 saturated carbocycles. The van der Waals surface area contributed by atoms with Gasteiger partial charge < -0.3 is 9.64 Å². The van der Waals surface area contributed by atoms with Crippen LogP contribution in [0.4, 0.5) is 5.69 Å². The van der Waals surface area contributed by atoms with Crippen LogP contribution >= 0.6 is 15.9 Å². The third-order valence-corrected chi connectivity index (χ3v) is 3.83. The number of nitrogens with zero attached hydrogens (tertiary/aromatic N) is 1. The third kappa shape index (κ3) is 1.98. The summed E-state index contributed by atoms with van der Waals surface area (Å²) in [5.41, 5.74) is 2.41. The Kier molecular flexibility index (Phi) is 3.19. The Balaban J connectivity index is 2.41. The smallest absolute Gasteiger partial charge is 0.146 e. The molecule has 1 heterocycles. The van der Waals surface area contributed by atoms with Crippen LogP contribution in [0.3, 0.4) is 0 Å². The summed E-state index contributed by atoms with van der Waals surface area (Å²) < 4.78 is 6.61. The highest BCUT2D eigenvalue weighted by Gasteiger charge is 2.18. The SMILES string of the molecule is COc1c(N2CCCC2)ccc(Br)c1C. The van der Waals surface area contributed by atoms with Crippen LogP contribution in [0.1, 0.15) is 18.4 Å². The lowest BCUT2D eigenvalue weighted by molar-refractivity contribution is 0.411. The van der Waals surface area contributed by atoms with Gasteiger partial charge in [-0.15, -0.1) is 0 Å². The molecule has 0 radical (unpaired) electrons. The third-order valence-electron chi connectivity index (χ3n) is 2.97. The average molecular weight is 270 g/mol. The van der Waals surface area contributed by atoms with Crippen molar-refractivity contribution in [3.05, 3.63) is 22.2 Å². The Bertz CT molecular complexity index is 359. The van der Waals surface area contributed by atoms with E-state index in [1.165, 1.54) is 24.1 Å². The summed E-state index contributed by atoms with van der Waals surface area (Å²) in [6.07, 6.45) is 2.58. The van der Waals surface area contributed by atoms with E-state index in [-0.39, 0.29) is 0 Å². The van der Waals surface area contributed by atoms with Gasteiger partial charge in [0.25, 0.3) is 0 Å².